The molecule has 0 amide bonds. The molecule has 0 saturated heterocycles. The first-order chi connectivity index (χ1) is 13.9. The maximum Gasteiger partial charge on any atom is 0.338 e. The Kier molecular flexibility index (Phi) is 6.66. The van der Waals surface area contributed by atoms with Gasteiger partial charge in [-0.3, -0.25) is 18.7 Å². The van der Waals surface area contributed by atoms with Crippen LogP contribution in [0.3, 0.4) is 0 Å². The summed E-state index contributed by atoms with van der Waals surface area (Å²) >= 11 is 0. The van der Waals surface area contributed by atoms with E-state index in [9.17, 15) is 27.6 Å². The van der Waals surface area contributed by atoms with Crippen molar-refractivity contribution in [1.29, 1.82) is 0 Å². The molecule has 0 unspecified atom stereocenters. The van der Waals surface area contributed by atoms with E-state index >= 15 is 0 Å². The first-order valence-corrected chi connectivity index (χ1v) is 10.9. The van der Waals surface area contributed by atoms with Crippen molar-refractivity contribution in [2.75, 3.05) is 18.6 Å². The van der Waals surface area contributed by atoms with Gasteiger partial charge in [-0.25, -0.2) is 18.0 Å². The number of benzene rings is 1. The number of Topliss-reactive ketones (excluding diaryl/α,β-unsaturated/α-hetero) is 1. The Balaban J connectivity index is 2.34. The SMILES string of the molecule is CCCn1c(N)c(C(=O)COC(=O)c2cc(S(C)(=O)=O)ccc2C)c(=O)n(C)c1=O. The molecule has 2 aromatic rings. The Hall–Kier alpha value is -3.21. The Morgan fingerprint density at radius 3 is 2.40 bits per heavy atom. The number of hydrogen-bond donors (Lipinski definition) is 1. The number of ether oxygens (including phenoxy) is 1. The summed E-state index contributed by atoms with van der Waals surface area (Å²) in [6.07, 6.45) is 1.54. The van der Waals surface area contributed by atoms with Crippen LogP contribution < -0.4 is 17.0 Å². The lowest BCUT2D eigenvalue weighted by atomic mass is 10.1. The Morgan fingerprint density at radius 1 is 1.20 bits per heavy atom. The first-order valence-electron chi connectivity index (χ1n) is 9.00. The molecule has 0 fully saturated rings. The summed E-state index contributed by atoms with van der Waals surface area (Å²) in [6, 6.07) is 3.96. The molecule has 0 atom stereocenters. The lowest BCUT2D eigenvalue weighted by molar-refractivity contribution is 0.0473. The summed E-state index contributed by atoms with van der Waals surface area (Å²) in [7, 11) is -2.33. The average molecular weight is 437 g/mol. The number of carbonyl (C=O) groups is 2. The van der Waals surface area contributed by atoms with Gasteiger partial charge in [-0.2, -0.15) is 0 Å². The van der Waals surface area contributed by atoms with Crippen LogP contribution in [0.1, 0.15) is 39.6 Å². The molecular formula is C19H23N3O7S. The zero-order valence-electron chi connectivity index (χ0n) is 17.1. The number of rotatable bonds is 7. The third-order valence-electron chi connectivity index (χ3n) is 4.50. The molecule has 0 aliphatic rings. The zero-order chi connectivity index (χ0) is 22.8. The summed E-state index contributed by atoms with van der Waals surface area (Å²) < 4.78 is 30.3. The quantitative estimate of drug-likeness (QED) is 0.480. The maximum atomic E-state index is 12.6. The summed E-state index contributed by atoms with van der Waals surface area (Å²) in [5.41, 5.74) is 4.31. The van der Waals surface area contributed by atoms with Crippen LogP contribution in [0.2, 0.25) is 0 Å². The van der Waals surface area contributed by atoms with E-state index in [1.54, 1.807) is 13.8 Å². The molecule has 0 spiro atoms. The summed E-state index contributed by atoms with van der Waals surface area (Å²) in [6.45, 7) is 2.79. The molecule has 0 bridgehead atoms. The molecule has 0 aliphatic carbocycles. The van der Waals surface area contributed by atoms with E-state index < -0.39 is 45.0 Å². The lowest BCUT2D eigenvalue weighted by Gasteiger charge is -2.14. The standard InChI is InChI=1S/C19H23N3O7S/c1-5-8-22-16(20)15(17(24)21(3)19(22)26)14(23)10-29-18(25)13-9-12(30(4,27)28)7-6-11(13)2/h6-7,9H,5,8,10,20H2,1-4H3. The number of ketones is 1. The minimum absolute atomic E-state index is 0.0254. The van der Waals surface area contributed by atoms with Crippen LogP contribution in [0.4, 0.5) is 5.82 Å². The van der Waals surface area contributed by atoms with E-state index in [1.165, 1.54) is 19.2 Å². The smallest absolute Gasteiger partial charge is 0.338 e. The number of hydrogen-bond acceptors (Lipinski definition) is 8. The second-order valence-electron chi connectivity index (χ2n) is 6.81. The largest absolute Gasteiger partial charge is 0.454 e. The highest BCUT2D eigenvalue weighted by molar-refractivity contribution is 7.90. The van der Waals surface area contributed by atoms with Gasteiger partial charge in [0, 0.05) is 19.8 Å². The molecule has 0 saturated carbocycles. The number of anilines is 1. The predicted octanol–water partition coefficient (Wildman–Crippen LogP) is 0.291. The number of aromatic nitrogens is 2. The minimum atomic E-state index is -3.55. The van der Waals surface area contributed by atoms with Crippen LogP contribution in [-0.4, -0.2) is 42.2 Å². The fourth-order valence-corrected chi connectivity index (χ4v) is 3.46. The highest BCUT2D eigenvalue weighted by atomic mass is 32.2. The lowest BCUT2D eigenvalue weighted by Crippen LogP contribution is -2.43. The zero-order valence-corrected chi connectivity index (χ0v) is 17.9. The molecule has 30 heavy (non-hydrogen) atoms. The van der Waals surface area contributed by atoms with E-state index in [0.29, 0.717) is 12.0 Å². The van der Waals surface area contributed by atoms with E-state index in [2.05, 4.69) is 0 Å². The van der Waals surface area contributed by atoms with Gasteiger partial charge in [0.25, 0.3) is 5.56 Å². The van der Waals surface area contributed by atoms with Gasteiger partial charge in [0.15, 0.2) is 16.4 Å². The summed E-state index contributed by atoms with van der Waals surface area (Å²) in [5, 5.41) is 0. The van der Waals surface area contributed by atoms with Crippen LogP contribution in [0.15, 0.2) is 32.7 Å². The molecule has 2 rings (SSSR count). The number of esters is 1. The predicted molar refractivity (Wildman–Crippen MR) is 110 cm³/mol. The Morgan fingerprint density at radius 2 is 1.83 bits per heavy atom. The monoisotopic (exact) mass is 437 g/mol. The van der Waals surface area contributed by atoms with Crippen LogP contribution in [-0.2, 0) is 28.2 Å². The van der Waals surface area contributed by atoms with Crippen LogP contribution in [0.25, 0.3) is 0 Å². The maximum absolute atomic E-state index is 12.6. The fourth-order valence-electron chi connectivity index (χ4n) is 2.82. The van der Waals surface area contributed by atoms with Crippen LogP contribution >= 0.6 is 0 Å². The summed E-state index contributed by atoms with van der Waals surface area (Å²) in [4.78, 5) is 49.5. The fraction of sp³-hybridized carbons (Fsp3) is 0.368. The highest BCUT2D eigenvalue weighted by Crippen LogP contribution is 2.17. The highest BCUT2D eigenvalue weighted by Gasteiger charge is 2.23. The van der Waals surface area contributed by atoms with Crippen LogP contribution in [0, 0.1) is 6.92 Å². The second kappa shape index (κ2) is 8.66. The summed E-state index contributed by atoms with van der Waals surface area (Å²) in [5.74, 6) is -2.09. The molecule has 1 heterocycles. The van der Waals surface area contributed by atoms with Gasteiger partial charge in [0.2, 0.25) is 5.78 Å². The number of sulfone groups is 1. The number of nitrogens with two attached hydrogens (primary N) is 1. The molecule has 0 radical (unpaired) electrons. The van der Waals surface area contributed by atoms with Gasteiger partial charge in [-0.05, 0) is 31.0 Å². The molecule has 0 aliphatic heterocycles. The molecule has 162 valence electrons. The third kappa shape index (κ3) is 4.51. The third-order valence-corrected chi connectivity index (χ3v) is 5.61. The van der Waals surface area contributed by atoms with Crippen molar-refractivity contribution in [3.8, 4) is 0 Å². The number of aryl methyl sites for hydroxylation is 1. The van der Waals surface area contributed by atoms with Gasteiger partial charge >= 0.3 is 11.7 Å². The van der Waals surface area contributed by atoms with Crippen molar-refractivity contribution < 1.29 is 22.7 Å². The van der Waals surface area contributed by atoms with Crippen LogP contribution in [0.5, 0.6) is 0 Å². The van der Waals surface area contributed by atoms with Crippen molar-refractivity contribution in [3.05, 3.63) is 55.7 Å². The van der Waals surface area contributed by atoms with E-state index in [4.69, 9.17) is 10.5 Å². The van der Waals surface area contributed by atoms with Gasteiger partial charge in [0.1, 0.15) is 11.4 Å². The van der Waals surface area contributed by atoms with E-state index in [-0.39, 0.29) is 22.8 Å². The van der Waals surface area contributed by atoms with Gasteiger partial charge < -0.3 is 10.5 Å². The average Bonchev–Trinajstić information content (AvgIpc) is 2.67. The first kappa shape index (κ1) is 23.1. The number of nitrogens with zero attached hydrogens (tertiary/aromatic N) is 2. The topological polar surface area (TPSA) is 148 Å². The van der Waals surface area contributed by atoms with E-state index in [1.807, 2.05) is 0 Å². The van der Waals surface area contributed by atoms with Crippen molar-refractivity contribution >= 4 is 27.4 Å². The Labute approximate surface area is 172 Å². The number of carbonyl (C=O) groups excluding carboxylic acids is 2. The number of nitrogen functional groups attached to an aromatic ring is 1. The molecule has 1 aromatic carbocycles. The van der Waals surface area contributed by atoms with Crippen molar-refractivity contribution in [3.63, 3.8) is 0 Å². The molecule has 10 nitrogen and oxygen atoms in total. The molecular weight excluding hydrogens is 414 g/mol. The normalized spacial score (nSPS) is 11.3. The second-order valence-corrected chi connectivity index (χ2v) is 8.82. The molecule has 11 heteroatoms. The van der Waals surface area contributed by atoms with Gasteiger partial charge in [-0.1, -0.05) is 13.0 Å². The van der Waals surface area contributed by atoms with Crippen molar-refractivity contribution in [2.45, 2.75) is 31.7 Å². The molecule has 1 aromatic heterocycles. The van der Waals surface area contributed by atoms with Gasteiger partial charge in [-0.15, -0.1) is 0 Å². The van der Waals surface area contributed by atoms with Crippen molar-refractivity contribution in [1.82, 2.24) is 9.13 Å². The van der Waals surface area contributed by atoms with Gasteiger partial charge in [0.05, 0.1) is 10.5 Å². The van der Waals surface area contributed by atoms with E-state index in [0.717, 1.165) is 21.5 Å². The minimum Gasteiger partial charge on any atom is -0.454 e. The Bertz CT molecular complexity index is 1240. The van der Waals surface area contributed by atoms with Crippen molar-refractivity contribution in [2.24, 2.45) is 7.05 Å². The molecule has 2 N–H and O–H groups in total.